The number of carboxylic acid groups (broad SMARTS) is 1. The summed E-state index contributed by atoms with van der Waals surface area (Å²) in [6.45, 7) is 1.58. The number of hydrogen-bond acceptors (Lipinski definition) is 3. The quantitative estimate of drug-likeness (QED) is 0.660. The molecule has 13 heavy (non-hydrogen) atoms. The zero-order valence-corrected chi connectivity index (χ0v) is 7.03. The minimum absolute atomic E-state index is 0.0741. The first-order chi connectivity index (χ1) is 6.02. The highest BCUT2D eigenvalue weighted by molar-refractivity contribution is 5.95. The molecule has 0 heterocycles. The van der Waals surface area contributed by atoms with Crippen LogP contribution in [0, 0.1) is 6.92 Å². The Labute approximate surface area is 75.0 Å². The van der Waals surface area contributed by atoms with Gasteiger partial charge in [0.2, 0.25) is 5.91 Å². The van der Waals surface area contributed by atoms with E-state index in [1.165, 1.54) is 18.2 Å². The van der Waals surface area contributed by atoms with Crippen LogP contribution >= 0.6 is 0 Å². The fourth-order valence-electron chi connectivity index (χ4n) is 1.05. The van der Waals surface area contributed by atoms with Crippen LogP contribution in [0.1, 0.15) is 26.3 Å². The Morgan fingerprint density at radius 1 is 1.38 bits per heavy atom. The van der Waals surface area contributed by atoms with Crippen LogP contribution < -0.4 is 10.8 Å². The third-order valence-corrected chi connectivity index (χ3v) is 1.73. The van der Waals surface area contributed by atoms with E-state index in [-0.39, 0.29) is 5.56 Å². The summed E-state index contributed by atoms with van der Waals surface area (Å²) in [4.78, 5) is 21.2. The molecule has 0 aliphatic heterocycles. The van der Waals surface area contributed by atoms with Crippen molar-refractivity contribution in [3.63, 3.8) is 0 Å². The maximum atomic E-state index is 10.7. The SMILES string of the molecule is Cc1cc(C(N)=O)ccc1C(=O)[O-]. The van der Waals surface area contributed by atoms with Crippen molar-refractivity contribution in [2.45, 2.75) is 6.92 Å². The van der Waals surface area contributed by atoms with E-state index in [2.05, 4.69) is 0 Å². The van der Waals surface area contributed by atoms with Gasteiger partial charge in [-0.1, -0.05) is 6.07 Å². The Hall–Kier alpha value is -1.84. The van der Waals surface area contributed by atoms with Gasteiger partial charge in [-0.2, -0.15) is 0 Å². The minimum Gasteiger partial charge on any atom is -0.545 e. The number of aromatic carboxylic acids is 1. The second-order valence-electron chi connectivity index (χ2n) is 2.68. The zero-order chi connectivity index (χ0) is 10.0. The lowest BCUT2D eigenvalue weighted by atomic mass is 10.1. The molecular formula is C9H8NO3-. The second-order valence-corrected chi connectivity index (χ2v) is 2.68. The Kier molecular flexibility index (Phi) is 2.32. The number of benzene rings is 1. The van der Waals surface area contributed by atoms with E-state index < -0.39 is 11.9 Å². The van der Waals surface area contributed by atoms with Crippen LogP contribution in [0.4, 0.5) is 0 Å². The molecule has 1 aromatic carbocycles. The molecule has 0 saturated heterocycles. The number of nitrogens with two attached hydrogens (primary N) is 1. The van der Waals surface area contributed by atoms with Crippen molar-refractivity contribution in [3.8, 4) is 0 Å². The number of hydrogen-bond donors (Lipinski definition) is 1. The summed E-state index contributed by atoms with van der Waals surface area (Å²) < 4.78 is 0. The molecule has 68 valence electrons. The van der Waals surface area contributed by atoms with Crippen molar-refractivity contribution in [1.29, 1.82) is 0 Å². The highest BCUT2D eigenvalue weighted by Gasteiger charge is 2.03. The van der Waals surface area contributed by atoms with Crippen LogP contribution in [-0.4, -0.2) is 11.9 Å². The van der Waals surface area contributed by atoms with Gasteiger partial charge in [0.05, 0.1) is 5.97 Å². The standard InChI is InChI=1S/C9H9NO3/c1-5-4-6(8(10)11)2-3-7(5)9(12)13/h2-4H,1H3,(H2,10,11)(H,12,13)/p-1. The van der Waals surface area contributed by atoms with Crippen molar-refractivity contribution in [1.82, 2.24) is 0 Å². The molecule has 0 aromatic heterocycles. The molecule has 4 nitrogen and oxygen atoms in total. The van der Waals surface area contributed by atoms with Crippen LogP contribution in [0.15, 0.2) is 18.2 Å². The average molecular weight is 178 g/mol. The summed E-state index contributed by atoms with van der Waals surface area (Å²) in [5.41, 5.74) is 5.84. The first-order valence-electron chi connectivity index (χ1n) is 3.64. The molecular weight excluding hydrogens is 170 g/mol. The first kappa shape index (κ1) is 9.25. The van der Waals surface area contributed by atoms with Gasteiger partial charge in [-0.25, -0.2) is 0 Å². The molecule has 2 N–H and O–H groups in total. The predicted molar refractivity (Wildman–Crippen MR) is 44.0 cm³/mol. The maximum Gasteiger partial charge on any atom is 0.248 e. The number of aryl methyl sites for hydroxylation is 1. The van der Waals surface area contributed by atoms with Crippen molar-refractivity contribution in [3.05, 3.63) is 34.9 Å². The number of carboxylic acids is 1. The highest BCUT2D eigenvalue weighted by atomic mass is 16.4. The van der Waals surface area contributed by atoms with Gasteiger partial charge in [0, 0.05) is 11.1 Å². The number of primary amides is 1. The monoisotopic (exact) mass is 178 g/mol. The molecule has 0 atom stereocenters. The third-order valence-electron chi connectivity index (χ3n) is 1.73. The Morgan fingerprint density at radius 3 is 2.38 bits per heavy atom. The summed E-state index contributed by atoms with van der Waals surface area (Å²) in [5.74, 6) is -1.83. The van der Waals surface area contributed by atoms with E-state index in [4.69, 9.17) is 5.73 Å². The van der Waals surface area contributed by atoms with Crippen LogP contribution in [-0.2, 0) is 0 Å². The maximum absolute atomic E-state index is 10.7. The summed E-state index contributed by atoms with van der Waals surface area (Å²) in [6, 6.07) is 4.10. The molecule has 0 spiro atoms. The molecule has 1 amide bonds. The molecule has 1 rings (SSSR count). The molecule has 0 radical (unpaired) electrons. The van der Waals surface area contributed by atoms with Crippen LogP contribution in [0.3, 0.4) is 0 Å². The fraction of sp³-hybridized carbons (Fsp3) is 0.111. The molecule has 0 saturated carbocycles. The van der Waals surface area contributed by atoms with Gasteiger partial charge in [-0.05, 0) is 24.6 Å². The van der Waals surface area contributed by atoms with Gasteiger partial charge in [-0.15, -0.1) is 0 Å². The third kappa shape index (κ3) is 1.84. The van der Waals surface area contributed by atoms with E-state index in [9.17, 15) is 14.7 Å². The number of carbonyl (C=O) groups excluding carboxylic acids is 2. The van der Waals surface area contributed by atoms with Crippen molar-refractivity contribution in [2.24, 2.45) is 5.73 Å². The summed E-state index contributed by atoms with van der Waals surface area (Å²) >= 11 is 0. The Morgan fingerprint density at radius 2 is 2.00 bits per heavy atom. The van der Waals surface area contributed by atoms with Crippen molar-refractivity contribution in [2.75, 3.05) is 0 Å². The zero-order valence-electron chi connectivity index (χ0n) is 7.03. The molecule has 0 unspecified atom stereocenters. The molecule has 4 heteroatoms. The first-order valence-corrected chi connectivity index (χ1v) is 3.64. The van der Waals surface area contributed by atoms with Gasteiger partial charge in [0.15, 0.2) is 0 Å². The number of carbonyl (C=O) groups is 2. The Balaban J connectivity index is 3.20. The smallest absolute Gasteiger partial charge is 0.248 e. The van der Waals surface area contributed by atoms with Gasteiger partial charge in [0.25, 0.3) is 0 Å². The van der Waals surface area contributed by atoms with E-state index >= 15 is 0 Å². The lowest BCUT2D eigenvalue weighted by Crippen LogP contribution is -2.23. The molecule has 0 bridgehead atoms. The largest absolute Gasteiger partial charge is 0.545 e. The summed E-state index contributed by atoms with van der Waals surface area (Å²) in [6.07, 6.45) is 0. The van der Waals surface area contributed by atoms with E-state index in [1.807, 2.05) is 0 Å². The lowest BCUT2D eigenvalue weighted by molar-refractivity contribution is -0.255. The van der Waals surface area contributed by atoms with Crippen molar-refractivity contribution < 1.29 is 14.7 Å². The fourth-order valence-corrected chi connectivity index (χ4v) is 1.05. The van der Waals surface area contributed by atoms with Gasteiger partial charge < -0.3 is 15.6 Å². The summed E-state index contributed by atoms with van der Waals surface area (Å²) in [7, 11) is 0. The summed E-state index contributed by atoms with van der Waals surface area (Å²) in [5, 5.41) is 10.5. The predicted octanol–water partition coefficient (Wildman–Crippen LogP) is -0.543. The molecule has 0 fully saturated rings. The lowest BCUT2D eigenvalue weighted by Gasteiger charge is -2.06. The topological polar surface area (TPSA) is 83.2 Å². The van der Waals surface area contributed by atoms with Gasteiger partial charge in [-0.3, -0.25) is 4.79 Å². The molecule has 1 aromatic rings. The van der Waals surface area contributed by atoms with Crippen LogP contribution in [0.5, 0.6) is 0 Å². The van der Waals surface area contributed by atoms with E-state index in [0.29, 0.717) is 11.1 Å². The molecule has 0 aliphatic carbocycles. The van der Waals surface area contributed by atoms with Crippen LogP contribution in [0.2, 0.25) is 0 Å². The van der Waals surface area contributed by atoms with E-state index in [0.717, 1.165) is 0 Å². The second kappa shape index (κ2) is 3.26. The average Bonchev–Trinajstić information content (AvgIpc) is 2.03. The number of amides is 1. The molecule has 0 aliphatic rings. The minimum atomic E-state index is -1.26. The highest BCUT2D eigenvalue weighted by Crippen LogP contribution is 2.09. The van der Waals surface area contributed by atoms with Crippen LogP contribution in [0.25, 0.3) is 0 Å². The number of rotatable bonds is 2. The van der Waals surface area contributed by atoms with E-state index in [1.54, 1.807) is 6.92 Å². The van der Waals surface area contributed by atoms with Crippen molar-refractivity contribution >= 4 is 11.9 Å². The van der Waals surface area contributed by atoms with Gasteiger partial charge in [0.1, 0.15) is 0 Å². The van der Waals surface area contributed by atoms with Gasteiger partial charge >= 0.3 is 0 Å². The Bertz CT molecular complexity index is 371. The normalized spacial score (nSPS) is 9.62.